The van der Waals surface area contributed by atoms with Crippen LogP contribution in [0.2, 0.25) is 0 Å². The molecule has 1 atom stereocenters. The lowest BCUT2D eigenvalue weighted by Gasteiger charge is -2.35. The molecular formula is C11H15BrN2O2S. The highest BCUT2D eigenvalue weighted by molar-refractivity contribution is 9.11. The van der Waals surface area contributed by atoms with Gasteiger partial charge in [-0.15, -0.1) is 11.3 Å². The van der Waals surface area contributed by atoms with Crippen LogP contribution in [0.5, 0.6) is 0 Å². The van der Waals surface area contributed by atoms with Crippen molar-refractivity contribution in [1.29, 1.82) is 0 Å². The van der Waals surface area contributed by atoms with Crippen molar-refractivity contribution in [3.8, 4) is 0 Å². The molecule has 1 saturated heterocycles. The lowest BCUT2D eigenvalue weighted by molar-refractivity contribution is -0.0615. The Bertz CT molecular complexity index is 419. The van der Waals surface area contributed by atoms with Gasteiger partial charge in [-0.1, -0.05) is 0 Å². The van der Waals surface area contributed by atoms with Crippen molar-refractivity contribution in [2.45, 2.75) is 38.3 Å². The monoisotopic (exact) mass is 318 g/mol. The quantitative estimate of drug-likeness (QED) is 0.911. The molecule has 2 heterocycles. The molecule has 1 unspecified atom stereocenters. The zero-order valence-corrected chi connectivity index (χ0v) is 12.2. The molecule has 1 aromatic rings. The van der Waals surface area contributed by atoms with E-state index in [-0.39, 0.29) is 17.6 Å². The molecule has 17 heavy (non-hydrogen) atoms. The standard InChI is InChI=1S/C11H15BrN2O2S/c1-11(2)5-7(3-4-16-11)14-10(15)8-9(12)17-6-13-8/h6-7H,3-5H2,1-2H3,(H,14,15). The summed E-state index contributed by atoms with van der Waals surface area (Å²) in [7, 11) is 0. The fraction of sp³-hybridized carbons (Fsp3) is 0.636. The number of ether oxygens (including phenoxy) is 1. The SMILES string of the molecule is CC1(C)CC(NC(=O)c2ncsc2Br)CCO1. The molecule has 1 aliphatic rings. The fourth-order valence-corrected chi connectivity index (χ4v) is 3.03. The minimum Gasteiger partial charge on any atom is -0.375 e. The van der Waals surface area contributed by atoms with Gasteiger partial charge in [-0.25, -0.2) is 4.98 Å². The van der Waals surface area contributed by atoms with E-state index in [0.717, 1.165) is 16.6 Å². The van der Waals surface area contributed by atoms with Gasteiger partial charge in [-0.05, 0) is 42.6 Å². The van der Waals surface area contributed by atoms with E-state index in [0.29, 0.717) is 12.3 Å². The number of aromatic nitrogens is 1. The van der Waals surface area contributed by atoms with Crippen LogP contribution in [-0.2, 0) is 4.74 Å². The molecule has 0 bridgehead atoms. The predicted octanol–water partition coefficient (Wildman–Crippen LogP) is 2.59. The minimum atomic E-state index is -0.157. The molecule has 4 nitrogen and oxygen atoms in total. The molecule has 0 aliphatic carbocycles. The van der Waals surface area contributed by atoms with Gasteiger partial charge in [0.2, 0.25) is 0 Å². The third-order valence-corrected chi connectivity index (χ3v) is 4.32. The number of thiazole rings is 1. The van der Waals surface area contributed by atoms with E-state index < -0.39 is 0 Å². The van der Waals surface area contributed by atoms with Crippen LogP contribution in [0.15, 0.2) is 9.30 Å². The van der Waals surface area contributed by atoms with Crippen molar-refractivity contribution in [1.82, 2.24) is 10.3 Å². The first-order valence-corrected chi connectivity index (χ1v) is 7.19. The van der Waals surface area contributed by atoms with E-state index in [1.54, 1.807) is 5.51 Å². The zero-order chi connectivity index (χ0) is 12.5. The maximum absolute atomic E-state index is 12.0. The molecule has 1 fully saturated rings. The summed E-state index contributed by atoms with van der Waals surface area (Å²) in [6, 6.07) is 0.167. The molecule has 1 aliphatic heterocycles. The minimum absolute atomic E-state index is 0.110. The van der Waals surface area contributed by atoms with Crippen molar-refractivity contribution in [2.75, 3.05) is 6.61 Å². The van der Waals surface area contributed by atoms with Crippen molar-refractivity contribution >= 4 is 33.2 Å². The predicted molar refractivity (Wildman–Crippen MR) is 70.3 cm³/mol. The molecule has 1 aromatic heterocycles. The Morgan fingerprint density at radius 1 is 1.71 bits per heavy atom. The van der Waals surface area contributed by atoms with Crippen LogP contribution in [0.4, 0.5) is 0 Å². The first-order chi connectivity index (χ1) is 7.98. The van der Waals surface area contributed by atoms with Crippen LogP contribution in [-0.4, -0.2) is 29.1 Å². The Morgan fingerprint density at radius 3 is 3.06 bits per heavy atom. The van der Waals surface area contributed by atoms with E-state index >= 15 is 0 Å². The summed E-state index contributed by atoms with van der Waals surface area (Å²) in [6.07, 6.45) is 1.69. The summed E-state index contributed by atoms with van der Waals surface area (Å²) in [5, 5.41) is 3.01. The third-order valence-electron chi connectivity index (χ3n) is 2.77. The largest absolute Gasteiger partial charge is 0.375 e. The molecule has 94 valence electrons. The molecule has 1 N–H and O–H groups in total. The van der Waals surface area contributed by atoms with Gasteiger partial charge in [0.05, 0.1) is 11.1 Å². The summed E-state index contributed by atoms with van der Waals surface area (Å²) in [5.41, 5.74) is 1.97. The Labute approximate surface area is 113 Å². The summed E-state index contributed by atoms with van der Waals surface area (Å²) in [4.78, 5) is 16.0. The third kappa shape index (κ3) is 3.26. The Kier molecular flexibility index (Phi) is 3.85. The average molecular weight is 319 g/mol. The molecule has 0 aromatic carbocycles. The first-order valence-electron chi connectivity index (χ1n) is 5.52. The maximum atomic E-state index is 12.0. The second-order valence-electron chi connectivity index (χ2n) is 4.75. The molecular weight excluding hydrogens is 304 g/mol. The number of carbonyl (C=O) groups is 1. The molecule has 0 radical (unpaired) electrons. The number of nitrogens with zero attached hydrogens (tertiary/aromatic N) is 1. The van der Waals surface area contributed by atoms with E-state index in [2.05, 4.69) is 26.2 Å². The lowest BCUT2D eigenvalue weighted by Crippen LogP contribution is -2.45. The van der Waals surface area contributed by atoms with Crippen molar-refractivity contribution in [3.63, 3.8) is 0 Å². The zero-order valence-electron chi connectivity index (χ0n) is 9.83. The maximum Gasteiger partial charge on any atom is 0.272 e. The first kappa shape index (κ1) is 13.0. The highest BCUT2D eigenvalue weighted by Crippen LogP contribution is 2.25. The Balaban J connectivity index is 1.98. The number of hydrogen-bond donors (Lipinski definition) is 1. The van der Waals surface area contributed by atoms with Crippen LogP contribution >= 0.6 is 27.3 Å². The molecule has 6 heteroatoms. The van der Waals surface area contributed by atoms with Crippen molar-refractivity contribution in [3.05, 3.63) is 15.0 Å². The average Bonchev–Trinajstić information content (AvgIpc) is 2.62. The smallest absolute Gasteiger partial charge is 0.272 e. The van der Waals surface area contributed by atoms with Gasteiger partial charge < -0.3 is 10.1 Å². The number of carbonyl (C=O) groups excluding carboxylic acids is 1. The second-order valence-corrected chi connectivity index (χ2v) is 6.92. The highest BCUT2D eigenvalue weighted by Gasteiger charge is 2.30. The number of rotatable bonds is 2. The van der Waals surface area contributed by atoms with Crippen molar-refractivity contribution in [2.24, 2.45) is 0 Å². The van der Waals surface area contributed by atoms with E-state index in [9.17, 15) is 4.79 Å². The summed E-state index contributed by atoms with van der Waals surface area (Å²) < 4.78 is 6.40. The van der Waals surface area contributed by atoms with Crippen molar-refractivity contribution < 1.29 is 9.53 Å². The van der Waals surface area contributed by atoms with Gasteiger partial charge in [0.1, 0.15) is 3.79 Å². The summed E-state index contributed by atoms with van der Waals surface area (Å²) >= 11 is 4.74. The van der Waals surface area contributed by atoms with E-state index in [1.165, 1.54) is 11.3 Å². The van der Waals surface area contributed by atoms with Gasteiger partial charge in [-0.2, -0.15) is 0 Å². The van der Waals surface area contributed by atoms with Gasteiger partial charge in [0.25, 0.3) is 5.91 Å². The summed E-state index contributed by atoms with van der Waals surface area (Å²) in [6.45, 7) is 4.78. The number of hydrogen-bond acceptors (Lipinski definition) is 4. The van der Waals surface area contributed by atoms with Gasteiger partial charge in [-0.3, -0.25) is 4.79 Å². The van der Waals surface area contributed by atoms with E-state index in [4.69, 9.17) is 4.74 Å². The van der Waals surface area contributed by atoms with Crippen LogP contribution in [0.3, 0.4) is 0 Å². The topological polar surface area (TPSA) is 51.2 Å². The van der Waals surface area contributed by atoms with Gasteiger partial charge in [0, 0.05) is 12.6 Å². The second kappa shape index (κ2) is 5.04. The molecule has 0 spiro atoms. The number of nitrogens with one attached hydrogen (secondary N) is 1. The fourth-order valence-electron chi connectivity index (χ4n) is 1.99. The summed E-state index contributed by atoms with van der Waals surface area (Å²) in [5.74, 6) is -0.110. The molecule has 1 amide bonds. The highest BCUT2D eigenvalue weighted by atomic mass is 79.9. The van der Waals surface area contributed by atoms with Crippen LogP contribution < -0.4 is 5.32 Å². The Hall–Kier alpha value is -0.460. The molecule has 2 rings (SSSR count). The molecule has 0 saturated carbocycles. The van der Waals surface area contributed by atoms with Gasteiger partial charge in [0.15, 0.2) is 5.69 Å². The Morgan fingerprint density at radius 2 is 2.47 bits per heavy atom. The number of halogens is 1. The normalized spacial score (nSPS) is 23.4. The lowest BCUT2D eigenvalue weighted by atomic mass is 9.94. The van der Waals surface area contributed by atoms with E-state index in [1.807, 2.05) is 13.8 Å². The van der Waals surface area contributed by atoms with Crippen LogP contribution in [0, 0.1) is 0 Å². The van der Waals surface area contributed by atoms with Crippen LogP contribution in [0.1, 0.15) is 37.2 Å². The van der Waals surface area contributed by atoms with Gasteiger partial charge >= 0.3 is 0 Å². The van der Waals surface area contributed by atoms with Crippen LogP contribution in [0.25, 0.3) is 0 Å². The number of amides is 1.